The lowest BCUT2D eigenvalue weighted by molar-refractivity contribution is -0.171. The Hall–Kier alpha value is -1.06. The minimum absolute atomic E-state index is 0.351. The number of hydrogen-bond acceptors (Lipinski definition) is 3. The number of carbonyl (C=O) groups is 2. The maximum absolute atomic E-state index is 11.8. The molecule has 0 spiro atoms. The van der Waals surface area contributed by atoms with Crippen LogP contribution in [0.4, 0.5) is 0 Å². The van der Waals surface area contributed by atoms with E-state index in [1.165, 1.54) is 0 Å². The van der Waals surface area contributed by atoms with Crippen LogP contribution in [0.5, 0.6) is 0 Å². The van der Waals surface area contributed by atoms with Gasteiger partial charge in [0.2, 0.25) is 0 Å². The summed E-state index contributed by atoms with van der Waals surface area (Å²) in [6.07, 6.45) is 0.351. The average molecular weight is 214 g/mol. The molecular formula is C11H18O4. The molecule has 15 heavy (non-hydrogen) atoms. The summed E-state index contributed by atoms with van der Waals surface area (Å²) in [6, 6.07) is 0. The van der Waals surface area contributed by atoms with Crippen molar-refractivity contribution in [2.45, 2.75) is 46.6 Å². The van der Waals surface area contributed by atoms with Crippen LogP contribution in [-0.4, -0.2) is 22.6 Å². The molecule has 0 saturated heterocycles. The molecule has 1 fully saturated rings. The molecule has 1 rings (SSSR count). The van der Waals surface area contributed by atoms with Crippen molar-refractivity contribution >= 4 is 11.9 Å². The monoisotopic (exact) mass is 214 g/mol. The zero-order valence-corrected chi connectivity index (χ0v) is 9.88. The van der Waals surface area contributed by atoms with E-state index in [2.05, 4.69) is 0 Å². The molecule has 1 aliphatic rings. The van der Waals surface area contributed by atoms with E-state index in [0.717, 1.165) is 0 Å². The third-order valence-corrected chi connectivity index (χ3v) is 2.85. The van der Waals surface area contributed by atoms with Gasteiger partial charge in [0.1, 0.15) is 5.60 Å². The maximum Gasteiger partial charge on any atom is 0.324 e. The number of carbonyl (C=O) groups excluding carboxylic acids is 1. The van der Waals surface area contributed by atoms with E-state index in [1.54, 1.807) is 34.6 Å². The van der Waals surface area contributed by atoms with Crippen LogP contribution in [0.15, 0.2) is 0 Å². The Kier molecular flexibility index (Phi) is 2.38. The van der Waals surface area contributed by atoms with Crippen molar-refractivity contribution < 1.29 is 19.4 Å². The highest BCUT2D eigenvalue weighted by Crippen LogP contribution is 2.64. The van der Waals surface area contributed by atoms with Gasteiger partial charge in [0.05, 0.1) is 0 Å². The van der Waals surface area contributed by atoms with Crippen LogP contribution >= 0.6 is 0 Å². The SMILES string of the molecule is CC(C)(C)OC(=O)C1(C(=O)O)CC1(C)C. The molecule has 0 amide bonds. The van der Waals surface area contributed by atoms with Crippen molar-refractivity contribution in [2.24, 2.45) is 10.8 Å². The molecule has 0 aromatic carbocycles. The summed E-state index contributed by atoms with van der Waals surface area (Å²) in [7, 11) is 0. The summed E-state index contributed by atoms with van der Waals surface area (Å²) in [4.78, 5) is 22.9. The number of esters is 1. The van der Waals surface area contributed by atoms with E-state index in [4.69, 9.17) is 9.84 Å². The van der Waals surface area contributed by atoms with Crippen molar-refractivity contribution in [1.29, 1.82) is 0 Å². The molecule has 1 unspecified atom stereocenters. The van der Waals surface area contributed by atoms with Crippen LogP contribution < -0.4 is 0 Å². The molecule has 1 atom stereocenters. The molecule has 1 N–H and O–H groups in total. The summed E-state index contributed by atoms with van der Waals surface area (Å²) >= 11 is 0. The first kappa shape index (κ1) is 12.0. The van der Waals surface area contributed by atoms with Crippen molar-refractivity contribution in [1.82, 2.24) is 0 Å². The smallest absolute Gasteiger partial charge is 0.324 e. The van der Waals surface area contributed by atoms with E-state index in [1.807, 2.05) is 0 Å². The lowest BCUT2D eigenvalue weighted by Crippen LogP contribution is -2.36. The van der Waals surface area contributed by atoms with Crippen LogP contribution in [0.3, 0.4) is 0 Å². The van der Waals surface area contributed by atoms with E-state index < -0.39 is 28.4 Å². The highest BCUT2D eigenvalue weighted by molar-refractivity contribution is 6.04. The van der Waals surface area contributed by atoms with Crippen molar-refractivity contribution in [3.05, 3.63) is 0 Å². The van der Waals surface area contributed by atoms with Crippen LogP contribution in [0.2, 0.25) is 0 Å². The molecule has 0 radical (unpaired) electrons. The van der Waals surface area contributed by atoms with Gasteiger partial charge in [0, 0.05) is 0 Å². The van der Waals surface area contributed by atoms with Crippen molar-refractivity contribution in [3.8, 4) is 0 Å². The fraction of sp³-hybridized carbons (Fsp3) is 0.818. The second kappa shape index (κ2) is 2.97. The summed E-state index contributed by atoms with van der Waals surface area (Å²) < 4.78 is 5.14. The van der Waals surface area contributed by atoms with Gasteiger partial charge in [-0.2, -0.15) is 0 Å². The summed E-state index contributed by atoms with van der Waals surface area (Å²) in [5, 5.41) is 9.11. The van der Waals surface area contributed by atoms with E-state index in [-0.39, 0.29) is 0 Å². The number of carboxylic acids is 1. The van der Waals surface area contributed by atoms with Gasteiger partial charge >= 0.3 is 11.9 Å². The largest absolute Gasteiger partial charge is 0.480 e. The third-order valence-electron chi connectivity index (χ3n) is 2.85. The number of carboxylic acid groups (broad SMARTS) is 1. The number of rotatable bonds is 2. The highest BCUT2D eigenvalue weighted by atomic mass is 16.6. The zero-order chi connectivity index (χ0) is 12.1. The van der Waals surface area contributed by atoms with E-state index >= 15 is 0 Å². The Balaban J connectivity index is 2.88. The molecule has 1 aliphatic carbocycles. The first-order chi connectivity index (χ1) is 6.53. The Bertz CT molecular complexity index is 311. The summed E-state index contributed by atoms with van der Waals surface area (Å²) in [5.41, 5.74) is -2.47. The van der Waals surface area contributed by atoms with Gasteiger partial charge < -0.3 is 9.84 Å². The fourth-order valence-corrected chi connectivity index (χ4v) is 1.78. The first-order valence-corrected chi connectivity index (χ1v) is 5.00. The average Bonchev–Trinajstić information content (AvgIpc) is 2.51. The Labute approximate surface area is 89.6 Å². The van der Waals surface area contributed by atoms with Crippen LogP contribution in [0.1, 0.15) is 41.0 Å². The lowest BCUT2D eigenvalue weighted by Gasteiger charge is -2.23. The minimum atomic E-state index is -1.33. The predicted molar refractivity (Wildman–Crippen MR) is 54.3 cm³/mol. The summed E-state index contributed by atoms with van der Waals surface area (Å²) in [6.45, 7) is 8.73. The second-order valence-electron chi connectivity index (χ2n) is 5.77. The molecule has 0 aromatic rings. The third kappa shape index (κ3) is 1.85. The predicted octanol–water partition coefficient (Wildman–Crippen LogP) is 1.83. The van der Waals surface area contributed by atoms with Crippen LogP contribution in [0, 0.1) is 10.8 Å². The van der Waals surface area contributed by atoms with Gasteiger partial charge in [-0.15, -0.1) is 0 Å². The Morgan fingerprint density at radius 2 is 1.67 bits per heavy atom. The van der Waals surface area contributed by atoms with Gasteiger partial charge in [0.25, 0.3) is 0 Å². The van der Waals surface area contributed by atoms with Gasteiger partial charge in [-0.05, 0) is 32.6 Å². The maximum atomic E-state index is 11.8. The molecule has 0 heterocycles. The number of ether oxygens (including phenoxy) is 1. The fourth-order valence-electron chi connectivity index (χ4n) is 1.78. The first-order valence-electron chi connectivity index (χ1n) is 5.00. The molecule has 4 nitrogen and oxygen atoms in total. The van der Waals surface area contributed by atoms with E-state index in [0.29, 0.717) is 6.42 Å². The Morgan fingerprint density at radius 3 is 1.87 bits per heavy atom. The van der Waals surface area contributed by atoms with E-state index in [9.17, 15) is 9.59 Å². The quantitative estimate of drug-likeness (QED) is 0.562. The molecule has 4 heteroatoms. The molecule has 1 saturated carbocycles. The number of aliphatic carboxylic acids is 1. The van der Waals surface area contributed by atoms with Crippen molar-refractivity contribution in [3.63, 3.8) is 0 Å². The molecule has 0 bridgehead atoms. The number of hydrogen-bond donors (Lipinski definition) is 1. The summed E-state index contributed by atoms with van der Waals surface area (Å²) in [5.74, 6) is -1.70. The van der Waals surface area contributed by atoms with Crippen LogP contribution in [0.25, 0.3) is 0 Å². The normalized spacial score (nSPS) is 28.3. The molecule has 0 aliphatic heterocycles. The second-order valence-corrected chi connectivity index (χ2v) is 5.77. The van der Waals surface area contributed by atoms with Gasteiger partial charge in [-0.25, -0.2) is 0 Å². The standard InChI is InChI=1S/C11H18O4/c1-9(2,3)15-8(14)11(7(12)13)6-10(11,4)5/h6H2,1-5H3,(H,12,13). The Morgan fingerprint density at radius 1 is 1.27 bits per heavy atom. The van der Waals surface area contributed by atoms with Gasteiger partial charge in [-0.1, -0.05) is 13.8 Å². The zero-order valence-electron chi connectivity index (χ0n) is 9.88. The topological polar surface area (TPSA) is 63.6 Å². The van der Waals surface area contributed by atoms with Crippen LogP contribution in [-0.2, 0) is 14.3 Å². The minimum Gasteiger partial charge on any atom is -0.480 e. The van der Waals surface area contributed by atoms with Crippen molar-refractivity contribution in [2.75, 3.05) is 0 Å². The molecule has 86 valence electrons. The molecule has 0 aromatic heterocycles. The highest BCUT2D eigenvalue weighted by Gasteiger charge is 2.73. The van der Waals surface area contributed by atoms with Gasteiger partial charge in [0.15, 0.2) is 5.41 Å². The lowest BCUT2D eigenvalue weighted by atomic mass is 9.96. The van der Waals surface area contributed by atoms with Gasteiger partial charge in [-0.3, -0.25) is 9.59 Å². The molecular weight excluding hydrogens is 196 g/mol.